The van der Waals surface area contributed by atoms with Gasteiger partial charge < -0.3 is 0 Å². The van der Waals surface area contributed by atoms with Gasteiger partial charge in [0, 0.05) is 10.8 Å². The molecular weight excluding hydrogens is 170 g/mol. The monoisotopic (exact) mass is 182 g/mol. The number of hydrogen-bond acceptors (Lipinski definition) is 1. The highest BCUT2D eigenvalue weighted by Crippen LogP contribution is 2.18. The van der Waals surface area contributed by atoms with E-state index in [-0.39, 0.29) is 18.1 Å². The summed E-state index contributed by atoms with van der Waals surface area (Å²) in [7, 11) is 0. The molecule has 0 spiro atoms. The van der Waals surface area contributed by atoms with E-state index in [1.165, 1.54) is 0 Å². The molecule has 1 nitrogen and oxygen atoms in total. The molecule has 0 saturated heterocycles. The Morgan fingerprint density at radius 2 is 1.79 bits per heavy atom. The first-order valence-electron chi connectivity index (χ1n) is 5.93. The zero-order valence-electron chi connectivity index (χ0n) is 10.4. The van der Waals surface area contributed by atoms with Gasteiger partial charge in [0.2, 0.25) is 0 Å². The van der Waals surface area contributed by atoms with Gasteiger partial charge in [-0.25, -0.2) is 4.98 Å². The van der Waals surface area contributed by atoms with Gasteiger partial charge in [-0.2, -0.15) is 0 Å². The first-order chi connectivity index (χ1) is 8.16. The number of fused-ring (bicyclic) bond motifs is 2. The van der Waals surface area contributed by atoms with Crippen LogP contribution in [0.25, 0.3) is 21.8 Å². The molecule has 0 saturated carbocycles. The summed E-state index contributed by atoms with van der Waals surface area (Å²) in [5.41, 5.74) is 1.45. The van der Waals surface area contributed by atoms with E-state index in [9.17, 15) is 0 Å². The predicted octanol–water partition coefficient (Wildman–Crippen LogP) is 3.39. The van der Waals surface area contributed by atoms with Crippen LogP contribution in [0, 0.1) is 0 Å². The van der Waals surface area contributed by atoms with Crippen LogP contribution >= 0.6 is 0 Å². The summed E-state index contributed by atoms with van der Waals surface area (Å²) in [6.07, 6.45) is 0. The van der Waals surface area contributed by atoms with E-state index in [1.54, 1.807) is 6.07 Å². The van der Waals surface area contributed by atoms with Crippen molar-refractivity contribution < 1.29 is 4.11 Å². The predicted molar refractivity (Wildman–Crippen MR) is 59.2 cm³/mol. The van der Waals surface area contributed by atoms with E-state index in [0.29, 0.717) is 10.9 Å². The number of nitrogens with zero attached hydrogens (tertiary/aromatic N) is 1. The van der Waals surface area contributed by atoms with Gasteiger partial charge in [-0.3, -0.25) is 0 Å². The molecule has 0 aliphatic rings. The fourth-order valence-corrected chi connectivity index (χ4v) is 1.55. The Hall–Kier alpha value is -1.89. The lowest BCUT2D eigenvalue weighted by molar-refractivity contribution is 1.50. The van der Waals surface area contributed by atoms with Gasteiger partial charge in [0.25, 0.3) is 0 Å². The molecule has 1 heteroatoms. The molecular formula is C13H9N. The molecule has 0 radical (unpaired) electrons. The van der Waals surface area contributed by atoms with E-state index < -0.39 is 0 Å². The average molecular weight is 182 g/mol. The Bertz CT molecular complexity index is 737. The molecule has 66 valence electrons. The highest BCUT2D eigenvalue weighted by Gasteiger charge is 1.96. The first-order valence-corrected chi connectivity index (χ1v) is 4.43. The second-order valence-corrected chi connectivity index (χ2v) is 3.15. The van der Waals surface area contributed by atoms with Crippen LogP contribution in [0.3, 0.4) is 0 Å². The SMILES string of the molecule is [2H]c1cc2nc3ccccc3cc2c([2H])c1[2H]. The van der Waals surface area contributed by atoms with Gasteiger partial charge in [0.05, 0.1) is 15.1 Å². The number of benzene rings is 2. The quantitative estimate of drug-likeness (QED) is 0.486. The summed E-state index contributed by atoms with van der Waals surface area (Å²) in [5, 5.41) is 1.58. The van der Waals surface area contributed by atoms with Gasteiger partial charge in [-0.1, -0.05) is 36.3 Å². The molecule has 0 bridgehead atoms. The van der Waals surface area contributed by atoms with Crippen molar-refractivity contribution >= 4 is 21.8 Å². The molecule has 14 heavy (non-hydrogen) atoms. The molecule has 1 heterocycles. The zero-order valence-corrected chi connectivity index (χ0v) is 7.41. The average Bonchev–Trinajstić information content (AvgIpc) is 2.34. The normalized spacial score (nSPS) is 13.9. The number of hydrogen-bond donors (Lipinski definition) is 0. The van der Waals surface area contributed by atoms with Crippen LogP contribution < -0.4 is 0 Å². The minimum atomic E-state index is -0.0467. The number of para-hydroxylation sites is 2. The van der Waals surface area contributed by atoms with Crippen molar-refractivity contribution in [3.8, 4) is 0 Å². The lowest BCUT2D eigenvalue weighted by Crippen LogP contribution is -1.80. The molecule has 0 atom stereocenters. The summed E-state index contributed by atoms with van der Waals surface area (Å²) < 4.78 is 23.1. The van der Waals surface area contributed by atoms with Crippen molar-refractivity contribution in [1.82, 2.24) is 4.98 Å². The largest absolute Gasteiger partial charge is 0.248 e. The summed E-state index contributed by atoms with van der Waals surface area (Å²) in [5.74, 6) is 0. The molecule has 3 rings (SSSR count). The molecule has 1 aromatic heterocycles. The molecule has 3 aromatic rings. The van der Waals surface area contributed by atoms with Crippen LogP contribution in [0.1, 0.15) is 4.11 Å². The zero-order chi connectivity index (χ0) is 12.0. The minimum absolute atomic E-state index is 0.0466. The van der Waals surface area contributed by atoms with Gasteiger partial charge in [-0.15, -0.1) is 0 Å². The van der Waals surface area contributed by atoms with E-state index in [4.69, 9.17) is 4.11 Å². The van der Waals surface area contributed by atoms with Crippen molar-refractivity contribution in [2.75, 3.05) is 0 Å². The Balaban J connectivity index is 2.52. The van der Waals surface area contributed by atoms with Gasteiger partial charge >= 0.3 is 0 Å². The molecule has 0 aliphatic heterocycles. The van der Waals surface area contributed by atoms with E-state index in [2.05, 4.69) is 4.98 Å². The summed E-state index contributed by atoms with van der Waals surface area (Å²) in [4.78, 5) is 4.42. The lowest BCUT2D eigenvalue weighted by atomic mass is 10.1. The van der Waals surface area contributed by atoms with E-state index >= 15 is 0 Å². The molecule has 2 aromatic carbocycles. The van der Waals surface area contributed by atoms with Gasteiger partial charge in [-0.05, 0) is 18.2 Å². The maximum Gasteiger partial charge on any atom is 0.0709 e. The smallest absolute Gasteiger partial charge is 0.0709 e. The van der Waals surface area contributed by atoms with Crippen LogP contribution in [-0.2, 0) is 0 Å². The molecule has 0 amide bonds. The van der Waals surface area contributed by atoms with E-state index in [1.807, 2.05) is 30.3 Å². The number of rotatable bonds is 0. The maximum absolute atomic E-state index is 7.86. The van der Waals surface area contributed by atoms with Crippen molar-refractivity contribution in [3.63, 3.8) is 0 Å². The lowest BCUT2D eigenvalue weighted by Gasteiger charge is -1.99. The first kappa shape index (κ1) is 5.11. The van der Waals surface area contributed by atoms with Crippen molar-refractivity contribution in [3.05, 3.63) is 54.5 Å². The third-order valence-corrected chi connectivity index (χ3v) is 2.23. The maximum atomic E-state index is 7.86. The van der Waals surface area contributed by atoms with Crippen LogP contribution in [0.15, 0.2) is 54.5 Å². The Morgan fingerprint density at radius 1 is 0.929 bits per heavy atom. The van der Waals surface area contributed by atoms with Crippen LogP contribution in [0.5, 0.6) is 0 Å². The van der Waals surface area contributed by atoms with Gasteiger partial charge in [0.15, 0.2) is 0 Å². The molecule has 0 N–H and O–H groups in total. The molecule has 0 unspecified atom stereocenters. The van der Waals surface area contributed by atoms with Crippen LogP contribution in [-0.4, -0.2) is 4.98 Å². The molecule has 0 aliphatic carbocycles. The van der Waals surface area contributed by atoms with E-state index in [0.717, 1.165) is 10.9 Å². The van der Waals surface area contributed by atoms with Crippen molar-refractivity contribution in [1.29, 1.82) is 0 Å². The topological polar surface area (TPSA) is 12.9 Å². The van der Waals surface area contributed by atoms with Gasteiger partial charge in [0.1, 0.15) is 0 Å². The second-order valence-electron chi connectivity index (χ2n) is 3.15. The number of pyridine rings is 1. The Labute approximate surface area is 86.2 Å². The standard InChI is InChI=1S/C13H9N/c1-3-7-12-10(5-1)9-11-6-2-4-8-13(11)14-12/h1-9H/i1D,3D,5D. The molecule has 0 fully saturated rings. The third kappa shape index (κ3) is 1.06. The Kier molecular flexibility index (Phi) is 1.02. The fourth-order valence-electron chi connectivity index (χ4n) is 1.55. The number of aromatic nitrogens is 1. The highest BCUT2D eigenvalue weighted by atomic mass is 14.7. The van der Waals surface area contributed by atoms with Crippen molar-refractivity contribution in [2.24, 2.45) is 0 Å². The summed E-state index contributed by atoms with van der Waals surface area (Å²) in [6.45, 7) is 0. The second kappa shape index (κ2) is 2.81. The third-order valence-electron chi connectivity index (χ3n) is 2.23. The Morgan fingerprint density at radius 3 is 2.79 bits per heavy atom. The summed E-state index contributed by atoms with van der Waals surface area (Å²) >= 11 is 0. The van der Waals surface area contributed by atoms with Crippen LogP contribution in [0.2, 0.25) is 0 Å². The van der Waals surface area contributed by atoms with Crippen molar-refractivity contribution in [2.45, 2.75) is 0 Å². The highest BCUT2D eigenvalue weighted by molar-refractivity contribution is 5.92. The van der Waals surface area contributed by atoms with Crippen LogP contribution in [0.4, 0.5) is 0 Å². The minimum Gasteiger partial charge on any atom is -0.248 e. The summed E-state index contributed by atoms with van der Waals surface area (Å²) in [6, 6.07) is 11.1. The fraction of sp³-hybridized carbons (Fsp3) is 0.